The number of carbonyl (C=O) groups is 3. The van der Waals surface area contributed by atoms with E-state index in [1.165, 1.54) is 41.9 Å². The second kappa shape index (κ2) is 11.2. The molecule has 3 atom stereocenters. The van der Waals surface area contributed by atoms with Crippen LogP contribution in [0.3, 0.4) is 0 Å². The van der Waals surface area contributed by atoms with Gasteiger partial charge in [0, 0.05) is 31.3 Å². The van der Waals surface area contributed by atoms with E-state index >= 15 is 0 Å². The van der Waals surface area contributed by atoms with Crippen molar-refractivity contribution in [3.63, 3.8) is 0 Å². The normalized spacial score (nSPS) is 18.6. The van der Waals surface area contributed by atoms with E-state index in [-0.39, 0.29) is 36.2 Å². The number of nitrogens with zero attached hydrogens (tertiary/aromatic N) is 3. The molecular weight excluding hydrogens is 544 g/mol. The van der Waals surface area contributed by atoms with E-state index in [0.717, 1.165) is 18.2 Å². The maximum absolute atomic E-state index is 14.8. The Morgan fingerprint density at radius 3 is 2.38 bits per heavy atom. The third-order valence-electron chi connectivity index (χ3n) is 6.79. The summed E-state index contributed by atoms with van der Waals surface area (Å²) in [4.78, 5) is 43.3. The molecule has 40 heavy (non-hydrogen) atoms. The lowest BCUT2D eigenvalue weighted by Gasteiger charge is -2.40. The van der Waals surface area contributed by atoms with E-state index < -0.39 is 65.3 Å². The van der Waals surface area contributed by atoms with Crippen molar-refractivity contribution in [3.05, 3.63) is 71.6 Å². The van der Waals surface area contributed by atoms with Crippen molar-refractivity contribution in [2.75, 3.05) is 13.1 Å². The quantitative estimate of drug-likeness (QED) is 0.444. The fourth-order valence-corrected chi connectivity index (χ4v) is 4.84. The van der Waals surface area contributed by atoms with Crippen LogP contribution in [0.4, 0.5) is 26.3 Å². The van der Waals surface area contributed by atoms with E-state index in [0.29, 0.717) is 6.07 Å². The van der Waals surface area contributed by atoms with E-state index in [4.69, 9.17) is 0 Å². The summed E-state index contributed by atoms with van der Waals surface area (Å²) in [5.41, 5.74) is 0.0619. The monoisotopic (exact) mass is 569 g/mol. The van der Waals surface area contributed by atoms with Crippen LogP contribution >= 0.6 is 0 Å². The van der Waals surface area contributed by atoms with Gasteiger partial charge in [-0.2, -0.15) is 13.2 Å². The number of alkyl halides is 3. The first-order valence-electron chi connectivity index (χ1n) is 12.3. The van der Waals surface area contributed by atoms with Crippen LogP contribution in [0.5, 0.6) is 0 Å². The molecular formula is C26H25F6N5O3. The molecule has 3 heterocycles. The average Bonchev–Trinajstić information content (AvgIpc) is 3.34. The smallest absolute Gasteiger partial charge is 0.349 e. The minimum atomic E-state index is -5.23. The number of piperidine rings is 1. The molecule has 2 N–H and O–H groups in total. The summed E-state index contributed by atoms with van der Waals surface area (Å²) in [7, 11) is 0. The summed E-state index contributed by atoms with van der Waals surface area (Å²) < 4.78 is 83.0. The Morgan fingerprint density at radius 1 is 1.07 bits per heavy atom. The average molecular weight is 570 g/mol. The molecule has 1 fully saturated rings. The fourth-order valence-electron chi connectivity index (χ4n) is 4.84. The highest BCUT2D eigenvalue weighted by Gasteiger charge is 2.42. The zero-order chi connectivity index (χ0) is 29.4. The first-order valence-corrected chi connectivity index (χ1v) is 12.3. The molecule has 0 spiro atoms. The molecule has 1 aliphatic rings. The molecule has 3 aromatic rings. The highest BCUT2D eigenvalue weighted by atomic mass is 19.4. The minimum absolute atomic E-state index is 0.0149. The number of aromatic nitrogens is 2. The number of pyridine rings is 1. The SMILES string of the molecule is CC(C)[C@@H](NC(=O)C(F)(F)F)C(=O)N[C@@H]1CN(C(=O)c2c(F)ccn3cncc23)CC[C@H]1c1cc(F)cc(F)c1. The minimum Gasteiger partial charge on any atom is -0.349 e. The lowest BCUT2D eigenvalue weighted by molar-refractivity contribution is -0.175. The predicted octanol–water partition coefficient (Wildman–Crippen LogP) is 3.57. The topological polar surface area (TPSA) is 95.8 Å². The largest absolute Gasteiger partial charge is 0.471 e. The van der Waals surface area contributed by atoms with Gasteiger partial charge in [0.05, 0.1) is 24.1 Å². The van der Waals surface area contributed by atoms with Crippen LogP contribution in [0, 0.1) is 23.4 Å². The Kier molecular flexibility index (Phi) is 8.08. The van der Waals surface area contributed by atoms with Gasteiger partial charge < -0.3 is 19.9 Å². The molecule has 1 aliphatic heterocycles. The van der Waals surface area contributed by atoms with Gasteiger partial charge in [0.15, 0.2) is 0 Å². The number of carbonyl (C=O) groups excluding carboxylic acids is 3. The first-order chi connectivity index (χ1) is 18.8. The van der Waals surface area contributed by atoms with E-state index in [1.54, 1.807) is 5.32 Å². The Bertz CT molecular complexity index is 1420. The van der Waals surface area contributed by atoms with Gasteiger partial charge in [-0.3, -0.25) is 14.4 Å². The molecule has 14 heteroatoms. The van der Waals surface area contributed by atoms with E-state index in [2.05, 4.69) is 10.3 Å². The second-order valence-electron chi connectivity index (χ2n) is 9.88. The molecule has 2 aromatic heterocycles. The van der Waals surface area contributed by atoms with Crippen molar-refractivity contribution in [3.8, 4) is 0 Å². The molecule has 0 aliphatic carbocycles. The van der Waals surface area contributed by atoms with E-state index in [1.807, 2.05) is 0 Å². The zero-order valence-electron chi connectivity index (χ0n) is 21.3. The van der Waals surface area contributed by atoms with E-state index in [9.17, 15) is 40.7 Å². The fraction of sp³-hybridized carbons (Fsp3) is 0.385. The van der Waals surface area contributed by atoms with Gasteiger partial charge in [-0.15, -0.1) is 0 Å². The molecule has 1 saturated heterocycles. The number of benzene rings is 1. The summed E-state index contributed by atoms with van der Waals surface area (Å²) in [5, 5.41) is 4.22. The van der Waals surface area contributed by atoms with Crippen LogP contribution in [-0.4, -0.2) is 63.4 Å². The third-order valence-corrected chi connectivity index (χ3v) is 6.79. The predicted molar refractivity (Wildman–Crippen MR) is 130 cm³/mol. The van der Waals surface area contributed by atoms with Crippen LogP contribution < -0.4 is 10.6 Å². The van der Waals surface area contributed by atoms with Gasteiger partial charge in [0.1, 0.15) is 29.1 Å². The molecule has 0 bridgehead atoms. The van der Waals surface area contributed by atoms with Crippen LogP contribution in [0.1, 0.15) is 42.1 Å². The van der Waals surface area contributed by atoms with Gasteiger partial charge in [-0.25, -0.2) is 18.2 Å². The number of rotatable bonds is 6. The number of fused-ring (bicyclic) bond motifs is 1. The Hall–Kier alpha value is -4.10. The van der Waals surface area contributed by atoms with Crippen molar-refractivity contribution in [1.82, 2.24) is 24.9 Å². The molecule has 3 amide bonds. The molecule has 214 valence electrons. The Balaban J connectivity index is 1.65. The number of hydrogen-bond donors (Lipinski definition) is 2. The number of hydrogen-bond acceptors (Lipinski definition) is 4. The number of amides is 3. The second-order valence-corrected chi connectivity index (χ2v) is 9.88. The number of likely N-dealkylation sites (tertiary alicyclic amines) is 1. The number of nitrogens with one attached hydrogen (secondary N) is 2. The molecule has 8 nitrogen and oxygen atoms in total. The highest BCUT2D eigenvalue weighted by Crippen LogP contribution is 2.31. The molecule has 0 radical (unpaired) electrons. The lowest BCUT2D eigenvalue weighted by Crippen LogP contribution is -2.59. The summed E-state index contributed by atoms with van der Waals surface area (Å²) in [5.74, 6) is -8.16. The van der Waals surface area contributed by atoms with Gasteiger partial charge >= 0.3 is 12.1 Å². The van der Waals surface area contributed by atoms with Gasteiger partial charge in [0.25, 0.3) is 5.91 Å². The molecule has 0 unspecified atom stereocenters. The molecule has 0 saturated carbocycles. The van der Waals surface area contributed by atoms with Gasteiger partial charge in [-0.1, -0.05) is 13.8 Å². The number of imidazole rings is 1. The van der Waals surface area contributed by atoms with Crippen molar-refractivity contribution in [2.24, 2.45) is 5.92 Å². The maximum atomic E-state index is 14.8. The van der Waals surface area contributed by atoms with Crippen LogP contribution in [-0.2, 0) is 9.59 Å². The number of halogens is 6. The zero-order valence-corrected chi connectivity index (χ0v) is 21.3. The van der Waals surface area contributed by atoms with Crippen molar-refractivity contribution in [2.45, 2.75) is 44.4 Å². The summed E-state index contributed by atoms with van der Waals surface area (Å²) in [6.07, 6.45) is -1.11. The van der Waals surface area contributed by atoms with Crippen molar-refractivity contribution >= 4 is 23.2 Å². The summed E-state index contributed by atoms with van der Waals surface area (Å²) in [6, 6.07) is 1.20. The van der Waals surface area contributed by atoms with Crippen LogP contribution in [0.15, 0.2) is 43.0 Å². The van der Waals surface area contributed by atoms with Crippen LogP contribution in [0.25, 0.3) is 5.52 Å². The van der Waals surface area contributed by atoms with Crippen molar-refractivity contribution in [1.29, 1.82) is 0 Å². The van der Waals surface area contributed by atoms with Crippen molar-refractivity contribution < 1.29 is 40.7 Å². The Morgan fingerprint density at radius 2 is 1.75 bits per heavy atom. The van der Waals surface area contributed by atoms with Crippen LogP contribution in [0.2, 0.25) is 0 Å². The molecule has 4 rings (SSSR count). The first kappa shape index (κ1) is 28.9. The standard InChI is InChI=1S/C26H25F6N5O3/c1-13(2)22(35-25(40)26(30,31)32)23(38)34-19-11-36(5-3-17(19)14-7-15(27)9-16(28)8-14)24(39)21-18(29)4-6-37-12-33-10-20(21)37/h4,6-10,12-13,17,19,22H,3,5,11H2,1-2H3,(H,34,38)(H,35,40)/t17-,19+,22+/m0/s1. The van der Waals surface area contributed by atoms with Gasteiger partial charge in [-0.05, 0) is 36.1 Å². The highest BCUT2D eigenvalue weighted by molar-refractivity contribution is 6.01. The summed E-state index contributed by atoms with van der Waals surface area (Å²) in [6.45, 7) is 2.60. The van der Waals surface area contributed by atoms with Gasteiger partial charge in [0.2, 0.25) is 5.91 Å². The lowest BCUT2D eigenvalue weighted by atomic mass is 9.84. The maximum Gasteiger partial charge on any atom is 0.471 e. The third kappa shape index (κ3) is 6.05. The summed E-state index contributed by atoms with van der Waals surface area (Å²) >= 11 is 0. The molecule has 1 aromatic carbocycles. The Labute approximate surface area is 224 Å².